The van der Waals surface area contributed by atoms with Gasteiger partial charge in [0.05, 0.1) is 17.6 Å². The molecule has 112 valence electrons. The molecule has 0 radical (unpaired) electrons. The third-order valence-corrected chi connectivity index (χ3v) is 4.62. The first-order valence-electron chi connectivity index (χ1n) is 8.09. The predicted octanol–water partition coefficient (Wildman–Crippen LogP) is 3.77. The van der Waals surface area contributed by atoms with Gasteiger partial charge in [-0.3, -0.25) is 4.98 Å². The maximum Gasteiger partial charge on any atom is 0.0572 e. The molecule has 0 amide bonds. The van der Waals surface area contributed by atoms with Crippen molar-refractivity contribution in [1.82, 2.24) is 10.3 Å². The Bertz CT molecular complexity index is 401. The number of rotatable bonds is 5. The summed E-state index contributed by atoms with van der Waals surface area (Å²) < 4.78 is 0. The summed E-state index contributed by atoms with van der Waals surface area (Å²) in [6.07, 6.45) is 5.85. The van der Waals surface area contributed by atoms with Gasteiger partial charge < -0.3 is 10.2 Å². The van der Waals surface area contributed by atoms with Crippen LogP contribution in [-0.4, -0.2) is 24.1 Å². The van der Waals surface area contributed by atoms with E-state index in [2.05, 4.69) is 55.0 Å². The third-order valence-electron chi connectivity index (χ3n) is 4.62. The normalized spacial score (nSPS) is 24.7. The van der Waals surface area contributed by atoms with Gasteiger partial charge in [-0.25, -0.2) is 0 Å². The zero-order valence-corrected chi connectivity index (χ0v) is 13.4. The number of pyridine rings is 1. The molecule has 20 heavy (non-hydrogen) atoms. The van der Waals surface area contributed by atoms with E-state index in [9.17, 15) is 0 Å². The standard InChI is InChI=1S/C17H29N3/c1-5-10-18-14(3)17-9-8-16(12-19-17)20-11-6-7-13(2)15(20)4/h8-9,12-15,18H,5-7,10-11H2,1-4H3. The lowest BCUT2D eigenvalue weighted by Gasteiger charge is -2.39. The summed E-state index contributed by atoms with van der Waals surface area (Å²) in [6, 6.07) is 5.36. The second kappa shape index (κ2) is 7.07. The highest BCUT2D eigenvalue weighted by Crippen LogP contribution is 2.28. The quantitative estimate of drug-likeness (QED) is 0.886. The molecule has 1 aliphatic heterocycles. The van der Waals surface area contributed by atoms with Crippen LogP contribution in [0.1, 0.15) is 58.7 Å². The molecule has 3 unspecified atom stereocenters. The van der Waals surface area contributed by atoms with Crippen molar-refractivity contribution in [2.24, 2.45) is 5.92 Å². The van der Waals surface area contributed by atoms with Gasteiger partial charge in [0, 0.05) is 18.6 Å². The van der Waals surface area contributed by atoms with Crippen molar-refractivity contribution in [3.63, 3.8) is 0 Å². The van der Waals surface area contributed by atoms with Gasteiger partial charge in [0.15, 0.2) is 0 Å². The van der Waals surface area contributed by atoms with Crippen LogP contribution in [0.15, 0.2) is 18.3 Å². The summed E-state index contributed by atoms with van der Waals surface area (Å²) in [7, 11) is 0. The van der Waals surface area contributed by atoms with Gasteiger partial charge in [-0.15, -0.1) is 0 Å². The number of anilines is 1. The number of nitrogens with zero attached hydrogens (tertiary/aromatic N) is 2. The lowest BCUT2D eigenvalue weighted by molar-refractivity contribution is 0.363. The van der Waals surface area contributed by atoms with Gasteiger partial charge in [0.1, 0.15) is 0 Å². The van der Waals surface area contributed by atoms with E-state index in [0.717, 1.165) is 31.1 Å². The Kier molecular flexibility index (Phi) is 5.41. The highest BCUT2D eigenvalue weighted by atomic mass is 15.2. The van der Waals surface area contributed by atoms with Gasteiger partial charge in [-0.2, -0.15) is 0 Å². The monoisotopic (exact) mass is 275 g/mol. The largest absolute Gasteiger partial charge is 0.367 e. The van der Waals surface area contributed by atoms with E-state index in [1.165, 1.54) is 18.5 Å². The molecule has 0 spiro atoms. The maximum atomic E-state index is 4.66. The molecule has 0 aliphatic carbocycles. The molecular formula is C17H29N3. The molecule has 2 rings (SSSR count). The van der Waals surface area contributed by atoms with E-state index in [-0.39, 0.29) is 0 Å². The van der Waals surface area contributed by atoms with Crippen LogP contribution in [-0.2, 0) is 0 Å². The fourth-order valence-corrected chi connectivity index (χ4v) is 2.99. The topological polar surface area (TPSA) is 28.2 Å². The Hall–Kier alpha value is -1.09. The smallest absolute Gasteiger partial charge is 0.0572 e. The summed E-state index contributed by atoms with van der Waals surface area (Å²) in [5.41, 5.74) is 2.41. The number of hydrogen-bond acceptors (Lipinski definition) is 3. The highest BCUT2D eigenvalue weighted by molar-refractivity contribution is 5.46. The Morgan fingerprint density at radius 1 is 1.40 bits per heavy atom. The summed E-state index contributed by atoms with van der Waals surface area (Å²) in [5, 5.41) is 3.49. The van der Waals surface area contributed by atoms with Crippen molar-refractivity contribution in [1.29, 1.82) is 0 Å². The Labute approximate surface area is 123 Å². The number of aromatic nitrogens is 1. The Balaban J connectivity index is 2.04. The summed E-state index contributed by atoms with van der Waals surface area (Å²) in [6.45, 7) is 11.3. The first-order valence-corrected chi connectivity index (χ1v) is 8.09. The predicted molar refractivity (Wildman–Crippen MR) is 86.2 cm³/mol. The molecule has 1 fully saturated rings. The van der Waals surface area contributed by atoms with Crippen LogP contribution in [0.2, 0.25) is 0 Å². The van der Waals surface area contributed by atoms with Crippen molar-refractivity contribution in [3.8, 4) is 0 Å². The minimum atomic E-state index is 0.335. The van der Waals surface area contributed by atoms with Crippen LogP contribution in [0.3, 0.4) is 0 Å². The molecule has 2 heterocycles. The van der Waals surface area contributed by atoms with Gasteiger partial charge in [-0.05, 0) is 57.7 Å². The first-order chi connectivity index (χ1) is 9.63. The highest BCUT2D eigenvalue weighted by Gasteiger charge is 2.24. The van der Waals surface area contributed by atoms with E-state index in [1.807, 2.05) is 6.20 Å². The van der Waals surface area contributed by atoms with E-state index < -0.39 is 0 Å². The van der Waals surface area contributed by atoms with Gasteiger partial charge >= 0.3 is 0 Å². The lowest BCUT2D eigenvalue weighted by Crippen LogP contribution is -2.42. The fraction of sp³-hybridized carbons (Fsp3) is 0.706. The Morgan fingerprint density at radius 3 is 2.85 bits per heavy atom. The van der Waals surface area contributed by atoms with Crippen LogP contribution in [0, 0.1) is 5.92 Å². The molecule has 0 bridgehead atoms. The third kappa shape index (κ3) is 3.51. The van der Waals surface area contributed by atoms with Crippen molar-refractivity contribution in [3.05, 3.63) is 24.0 Å². The molecule has 0 aromatic carbocycles. The zero-order chi connectivity index (χ0) is 14.5. The number of nitrogens with one attached hydrogen (secondary N) is 1. The zero-order valence-electron chi connectivity index (χ0n) is 13.4. The van der Waals surface area contributed by atoms with E-state index in [0.29, 0.717) is 12.1 Å². The van der Waals surface area contributed by atoms with Gasteiger partial charge in [-0.1, -0.05) is 13.8 Å². The van der Waals surface area contributed by atoms with Crippen molar-refractivity contribution in [2.45, 2.75) is 59.0 Å². The first kappa shape index (κ1) is 15.3. The van der Waals surface area contributed by atoms with Crippen molar-refractivity contribution in [2.75, 3.05) is 18.0 Å². The molecule has 1 saturated heterocycles. The van der Waals surface area contributed by atoms with E-state index in [4.69, 9.17) is 0 Å². The second-order valence-corrected chi connectivity index (χ2v) is 6.17. The average Bonchev–Trinajstić information content (AvgIpc) is 2.48. The second-order valence-electron chi connectivity index (χ2n) is 6.17. The van der Waals surface area contributed by atoms with Crippen molar-refractivity contribution < 1.29 is 0 Å². The molecule has 3 heteroatoms. The minimum Gasteiger partial charge on any atom is -0.367 e. The van der Waals surface area contributed by atoms with Gasteiger partial charge in [0.25, 0.3) is 0 Å². The van der Waals surface area contributed by atoms with Crippen LogP contribution in [0.25, 0.3) is 0 Å². The Morgan fingerprint density at radius 2 is 2.20 bits per heavy atom. The van der Waals surface area contributed by atoms with Gasteiger partial charge in [0.2, 0.25) is 0 Å². The maximum absolute atomic E-state index is 4.66. The van der Waals surface area contributed by atoms with Crippen LogP contribution in [0.4, 0.5) is 5.69 Å². The molecule has 0 saturated carbocycles. The summed E-state index contributed by atoms with van der Waals surface area (Å²) in [5.74, 6) is 0.772. The molecule has 3 atom stereocenters. The average molecular weight is 275 g/mol. The molecular weight excluding hydrogens is 246 g/mol. The summed E-state index contributed by atoms with van der Waals surface area (Å²) >= 11 is 0. The molecule has 1 N–H and O–H groups in total. The number of hydrogen-bond donors (Lipinski definition) is 1. The molecule has 1 aliphatic rings. The SMILES string of the molecule is CCCNC(C)c1ccc(N2CCCC(C)C2C)cn1. The van der Waals surface area contributed by atoms with Crippen molar-refractivity contribution >= 4 is 5.69 Å². The molecule has 1 aromatic heterocycles. The minimum absolute atomic E-state index is 0.335. The van der Waals surface area contributed by atoms with E-state index in [1.54, 1.807) is 0 Å². The summed E-state index contributed by atoms with van der Waals surface area (Å²) in [4.78, 5) is 7.17. The lowest BCUT2D eigenvalue weighted by atomic mass is 9.92. The van der Waals surface area contributed by atoms with Crippen LogP contribution < -0.4 is 10.2 Å². The van der Waals surface area contributed by atoms with Crippen LogP contribution in [0.5, 0.6) is 0 Å². The fourth-order valence-electron chi connectivity index (χ4n) is 2.99. The molecule has 1 aromatic rings. The van der Waals surface area contributed by atoms with Crippen LogP contribution >= 0.6 is 0 Å². The molecule has 3 nitrogen and oxygen atoms in total. The number of piperidine rings is 1. The van der Waals surface area contributed by atoms with E-state index >= 15 is 0 Å².